The summed E-state index contributed by atoms with van der Waals surface area (Å²) in [5.41, 5.74) is 2.09. The summed E-state index contributed by atoms with van der Waals surface area (Å²) in [7, 11) is 1.64. The lowest BCUT2D eigenvalue weighted by molar-refractivity contribution is -0.115. The van der Waals surface area contributed by atoms with Crippen LogP contribution in [-0.4, -0.2) is 23.3 Å². The third kappa shape index (κ3) is 4.52. The molecule has 1 amide bonds. The van der Waals surface area contributed by atoms with Crippen LogP contribution in [0.1, 0.15) is 18.9 Å². The number of carbonyl (C=O) groups is 1. The van der Waals surface area contributed by atoms with E-state index in [1.165, 1.54) is 16.9 Å². The van der Waals surface area contributed by atoms with E-state index < -0.39 is 0 Å². The van der Waals surface area contributed by atoms with Gasteiger partial charge < -0.3 is 10.1 Å². The van der Waals surface area contributed by atoms with E-state index >= 15 is 0 Å². The van der Waals surface area contributed by atoms with Crippen LogP contribution in [0.4, 0.5) is 5.13 Å². The third-order valence-corrected chi connectivity index (χ3v) is 6.17. The zero-order valence-corrected chi connectivity index (χ0v) is 15.8. The smallest absolute Gasteiger partial charge is 0.239 e. The molecule has 2 aromatic carbocycles. The van der Waals surface area contributed by atoms with Crippen molar-refractivity contribution in [2.24, 2.45) is 0 Å². The minimum atomic E-state index is -0.0956. The van der Waals surface area contributed by atoms with Gasteiger partial charge in [-0.3, -0.25) is 4.79 Å². The molecule has 1 atom stereocenters. The zero-order chi connectivity index (χ0) is 17.6. The van der Waals surface area contributed by atoms with Crippen LogP contribution in [0.2, 0.25) is 0 Å². The summed E-state index contributed by atoms with van der Waals surface area (Å²) in [6.45, 7) is 2.03. The highest BCUT2D eigenvalue weighted by Crippen LogP contribution is 2.30. The Morgan fingerprint density at radius 2 is 2.08 bits per heavy atom. The number of hydrogen-bond donors (Lipinski definition) is 1. The number of hydrogen-bond acceptors (Lipinski definition) is 5. The van der Waals surface area contributed by atoms with Crippen molar-refractivity contribution in [2.45, 2.75) is 24.3 Å². The van der Waals surface area contributed by atoms with E-state index in [9.17, 15) is 4.79 Å². The van der Waals surface area contributed by atoms with E-state index in [-0.39, 0.29) is 11.2 Å². The molecule has 6 heteroatoms. The lowest BCUT2D eigenvalue weighted by Gasteiger charge is -2.13. The van der Waals surface area contributed by atoms with Gasteiger partial charge in [-0.15, -0.1) is 11.8 Å². The second-order valence-corrected chi connectivity index (χ2v) is 7.76. The number of fused-ring (bicyclic) bond motifs is 1. The molecule has 1 unspecified atom stereocenters. The van der Waals surface area contributed by atoms with Crippen LogP contribution in [0.15, 0.2) is 48.5 Å². The van der Waals surface area contributed by atoms with Crippen LogP contribution in [0.25, 0.3) is 10.2 Å². The number of methoxy groups -OCH3 is 1. The Bertz CT molecular complexity index is 849. The van der Waals surface area contributed by atoms with Crippen molar-refractivity contribution in [1.82, 2.24) is 4.98 Å². The third-order valence-electron chi connectivity index (χ3n) is 3.78. The number of thiazole rings is 1. The molecule has 3 aromatic rings. The van der Waals surface area contributed by atoms with Crippen molar-refractivity contribution in [3.05, 3.63) is 54.1 Å². The van der Waals surface area contributed by atoms with Gasteiger partial charge in [-0.2, -0.15) is 0 Å². The van der Waals surface area contributed by atoms with Gasteiger partial charge in [-0.1, -0.05) is 48.6 Å². The number of aromatic nitrogens is 1. The van der Waals surface area contributed by atoms with Gasteiger partial charge in [-0.25, -0.2) is 4.98 Å². The summed E-state index contributed by atoms with van der Waals surface area (Å²) >= 11 is 3.12. The molecule has 0 spiro atoms. The summed E-state index contributed by atoms with van der Waals surface area (Å²) in [6.07, 6.45) is 0.780. The summed E-state index contributed by atoms with van der Waals surface area (Å²) in [5.74, 6) is 1.62. The Morgan fingerprint density at radius 1 is 1.28 bits per heavy atom. The highest BCUT2D eigenvalue weighted by atomic mass is 32.2. The van der Waals surface area contributed by atoms with Crippen LogP contribution in [0, 0.1) is 0 Å². The summed E-state index contributed by atoms with van der Waals surface area (Å²) in [4.78, 5) is 17.1. The topological polar surface area (TPSA) is 51.2 Å². The summed E-state index contributed by atoms with van der Waals surface area (Å²) in [5, 5.41) is 3.50. The maximum Gasteiger partial charge on any atom is 0.239 e. The molecular weight excluding hydrogens is 352 g/mol. The Labute approximate surface area is 155 Å². The van der Waals surface area contributed by atoms with Crippen molar-refractivity contribution in [2.75, 3.05) is 12.4 Å². The van der Waals surface area contributed by atoms with Crippen molar-refractivity contribution in [3.8, 4) is 5.75 Å². The van der Waals surface area contributed by atoms with E-state index in [1.54, 1.807) is 18.9 Å². The number of rotatable bonds is 7. The van der Waals surface area contributed by atoms with Crippen LogP contribution >= 0.6 is 23.1 Å². The first kappa shape index (κ1) is 17.8. The minimum absolute atomic E-state index is 0.00875. The van der Waals surface area contributed by atoms with Gasteiger partial charge in [0, 0.05) is 5.75 Å². The normalized spacial score (nSPS) is 12.1. The van der Waals surface area contributed by atoms with Gasteiger partial charge >= 0.3 is 0 Å². The molecule has 1 heterocycles. The second kappa shape index (κ2) is 8.36. The molecule has 0 saturated heterocycles. The number of amides is 1. The molecular formula is C19H20N2O2S2. The predicted octanol–water partition coefficient (Wildman–Crippen LogP) is 4.96. The molecule has 130 valence electrons. The molecule has 0 saturated carbocycles. The molecule has 1 N–H and O–H groups in total. The Kier molecular flexibility index (Phi) is 5.94. The van der Waals surface area contributed by atoms with Crippen molar-refractivity contribution < 1.29 is 9.53 Å². The highest BCUT2D eigenvalue weighted by molar-refractivity contribution is 7.99. The quantitative estimate of drug-likeness (QED) is 0.637. The van der Waals surface area contributed by atoms with E-state index in [1.807, 2.05) is 43.3 Å². The molecule has 0 aliphatic heterocycles. The molecule has 0 fully saturated rings. The maximum absolute atomic E-state index is 12.6. The Morgan fingerprint density at radius 3 is 2.80 bits per heavy atom. The molecule has 0 aliphatic carbocycles. The van der Waals surface area contributed by atoms with E-state index in [4.69, 9.17) is 4.74 Å². The zero-order valence-electron chi connectivity index (χ0n) is 14.2. The van der Waals surface area contributed by atoms with Crippen LogP contribution in [0.3, 0.4) is 0 Å². The first-order valence-corrected chi connectivity index (χ1v) is 9.97. The monoisotopic (exact) mass is 372 g/mol. The molecule has 0 bridgehead atoms. The molecule has 0 radical (unpaired) electrons. The Hall–Kier alpha value is -2.05. The minimum Gasteiger partial charge on any atom is -0.497 e. The first-order valence-electron chi connectivity index (χ1n) is 8.10. The number of nitrogens with zero attached hydrogens (tertiary/aromatic N) is 1. The molecule has 3 rings (SSSR count). The lowest BCUT2D eigenvalue weighted by Crippen LogP contribution is -2.24. The number of ether oxygens (including phenoxy) is 1. The summed E-state index contributed by atoms with van der Waals surface area (Å²) in [6, 6.07) is 15.9. The van der Waals surface area contributed by atoms with Crippen molar-refractivity contribution >= 4 is 44.4 Å². The van der Waals surface area contributed by atoms with Gasteiger partial charge in [0.15, 0.2) is 5.13 Å². The number of anilines is 1. The highest BCUT2D eigenvalue weighted by Gasteiger charge is 2.18. The molecule has 0 aliphatic rings. The maximum atomic E-state index is 12.6. The van der Waals surface area contributed by atoms with E-state index in [0.717, 1.165) is 28.1 Å². The van der Waals surface area contributed by atoms with Crippen LogP contribution in [-0.2, 0) is 10.5 Å². The molecule has 1 aromatic heterocycles. The first-order chi connectivity index (χ1) is 12.2. The fourth-order valence-corrected chi connectivity index (χ4v) is 4.35. The molecule has 4 nitrogen and oxygen atoms in total. The second-order valence-electron chi connectivity index (χ2n) is 5.54. The molecule has 25 heavy (non-hydrogen) atoms. The van der Waals surface area contributed by atoms with Gasteiger partial charge in [0.1, 0.15) is 5.75 Å². The average molecular weight is 373 g/mol. The number of carbonyl (C=O) groups excluding carboxylic acids is 1. The number of thioether (sulfide) groups is 1. The SMILES string of the molecule is CCC(SCc1ccccc1)C(=O)Nc1nc2ccc(OC)cc2s1. The Balaban J connectivity index is 1.65. The van der Waals surface area contributed by atoms with Gasteiger partial charge in [-0.05, 0) is 30.2 Å². The fraction of sp³-hybridized carbons (Fsp3) is 0.263. The predicted molar refractivity (Wildman–Crippen MR) is 107 cm³/mol. The van der Waals surface area contributed by atoms with Crippen molar-refractivity contribution in [3.63, 3.8) is 0 Å². The lowest BCUT2D eigenvalue weighted by atomic mass is 10.2. The number of nitrogens with one attached hydrogen (secondary N) is 1. The van der Waals surface area contributed by atoms with Crippen LogP contribution < -0.4 is 10.1 Å². The van der Waals surface area contributed by atoms with E-state index in [2.05, 4.69) is 22.4 Å². The van der Waals surface area contributed by atoms with Gasteiger partial charge in [0.2, 0.25) is 5.91 Å². The standard InChI is InChI=1S/C19H20N2O2S2/c1-3-16(24-12-13-7-5-4-6-8-13)18(22)21-19-20-15-10-9-14(23-2)11-17(15)25-19/h4-11,16H,3,12H2,1-2H3,(H,20,21,22). The van der Waals surface area contributed by atoms with Crippen LogP contribution in [0.5, 0.6) is 5.75 Å². The van der Waals surface area contributed by atoms with E-state index in [0.29, 0.717) is 5.13 Å². The largest absolute Gasteiger partial charge is 0.497 e. The fourth-order valence-electron chi connectivity index (χ4n) is 2.42. The average Bonchev–Trinajstić information content (AvgIpc) is 3.04. The van der Waals surface area contributed by atoms with Gasteiger partial charge in [0.05, 0.1) is 22.6 Å². The van der Waals surface area contributed by atoms with Crippen molar-refractivity contribution in [1.29, 1.82) is 0 Å². The summed E-state index contributed by atoms with van der Waals surface area (Å²) < 4.78 is 6.23. The number of benzene rings is 2. The van der Waals surface area contributed by atoms with Gasteiger partial charge in [0.25, 0.3) is 0 Å².